The van der Waals surface area contributed by atoms with Gasteiger partial charge in [0.15, 0.2) is 0 Å². The molecule has 0 amide bonds. The van der Waals surface area contributed by atoms with Crippen LogP contribution in [0.1, 0.15) is 37.5 Å². The number of benzene rings is 1. The first kappa shape index (κ1) is 18.5. The van der Waals surface area contributed by atoms with Crippen molar-refractivity contribution in [1.29, 1.82) is 0 Å². The molecule has 0 saturated heterocycles. The fourth-order valence-electron chi connectivity index (χ4n) is 2.91. The molecular formula is C20H22FN3OS. The lowest BCUT2D eigenvalue weighted by atomic mass is 9.95. The Labute approximate surface area is 155 Å². The topological polar surface area (TPSA) is 46.7 Å². The minimum Gasteiger partial charge on any atom is -0.306 e. The monoisotopic (exact) mass is 371 g/mol. The van der Waals surface area contributed by atoms with Gasteiger partial charge in [-0.3, -0.25) is 0 Å². The van der Waals surface area contributed by atoms with Gasteiger partial charge in [-0.05, 0) is 69.5 Å². The molecule has 0 radical (unpaired) electrons. The van der Waals surface area contributed by atoms with Crippen molar-refractivity contribution in [1.82, 2.24) is 9.38 Å². The lowest BCUT2D eigenvalue weighted by Crippen LogP contribution is -2.19. The molecule has 136 valence electrons. The van der Waals surface area contributed by atoms with Gasteiger partial charge in [0.05, 0.1) is 4.75 Å². The second kappa shape index (κ2) is 6.76. The van der Waals surface area contributed by atoms with E-state index in [9.17, 15) is 8.60 Å². The van der Waals surface area contributed by atoms with Gasteiger partial charge in [0.25, 0.3) is 0 Å². The summed E-state index contributed by atoms with van der Waals surface area (Å²) < 4.78 is 31.6. The van der Waals surface area contributed by atoms with Crippen LogP contribution in [0.4, 0.5) is 4.39 Å². The molecule has 0 bridgehead atoms. The number of aryl methyl sites for hydroxylation is 2. The maximum Gasteiger partial charge on any atom is 0.144 e. The summed E-state index contributed by atoms with van der Waals surface area (Å²) in [5, 5.41) is 0. The molecule has 26 heavy (non-hydrogen) atoms. The van der Waals surface area contributed by atoms with E-state index in [1.54, 1.807) is 12.4 Å². The van der Waals surface area contributed by atoms with E-state index in [4.69, 9.17) is 0 Å². The normalized spacial score (nSPS) is 13.6. The predicted molar refractivity (Wildman–Crippen MR) is 106 cm³/mol. The first-order valence-electron chi connectivity index (χ1n) is 8.37. The van der Waals surface area contributed by atoms with Crippen LogP contribution in [-0.2, 0) is 11.0 Å². The summed E-state index contributed by atoms with van der Waals surface area (Å²) in [5.41, 5.74) is 5.15. The lowest BCUT2D eigenvalue weighted by Gasteiger charge is -2.14. The summed E-state index contributed by atoms with van der Waals surface area (Å²) in [6.45, 7) is 9.43. The number of aromatic nitrogens is 2. The maximum atomic E-state index is 13.7. The highest BCUT2D eigenvalue weighted by molar-refractivity contribution is 7.85. The number of halogens is 1. The number of nitrogens with zero attached hydrogens (tertiary/aromatic N) is 3. The van der Waals surface area contributed by atoms with Crippen molar-refractivity contribution in [2.45, 2.75) is 39.4 Å². The molecule has 1 aromatic carbocycles. The zero-order chi connectivity index (χ0) is 19.1. The highest BCUT2D eigenvalue weighted by Crippen LogP contribution is 2.31. The molecule has 0 N–H and O–H groups in total. The Morgan fingerprint density at radius 1 is 1.19 bits per heavy atom. The molecular weight excluding hydrogens is 349 g/mol. The molecule has 2 aromatic heterocycles. The van der Waals surface area contributed by atoms with Gasteiger partial charge in [0.1, 0.15) is 22.5 Å². The zero-order valence-corrected chi connectivity index (χ0v) is 16.4. The fourth-order valence-corrected chi connectivity index (χ4v) is 3.45. The second-order valence-corrected chi connectivity index (χ2v) is 9.29. The average Bonchev–Trinajstić information content (AvgIpc) is 2.99. The first-order valence-corrected chi connectivity index (χ1v) is 9.47. The van der Waals surface area contributed by atoms with Gasteiger partial charge in [-0.2, -0.15) is 4.40 Å². The van der Waals surface area contributed by atoms with Gasteiger partial charge < -0.3 is 4.40 Å². The molecule has 0 fully saturated rings. The van der Waals surface area contributed by atoms with Gasteiger partial charge in [0.2, 0.25) is 0 Å². The van der Waals surface area contributed by atoms with Crippen molar-refractivity contribution in [3.63, 3.8) is 0 Å². The zero-order valence-electron chi connectivity index (χ0n) is 15.6. The minimum atomic E-state index is -1.33. The molecule has 1 unspecified atom stereocenters. The van der Waals surface area contributed by atoms with E-state index in [0.717, 1.165) is 33.5 Å². The number of rotatable bonds is 3. The Kier molecular flexibility index (Phi) is 4.80. The third-order valence-corrected chi connectivity index (χ3v) is 5.44. The fraction of sp³-hybridized carbons (Fsp3) is 0.300. The lowest BCUT2D eigenvalue weighted by molar-refractivity contribution is 0.625. The Morgan fingerprint density at radius 3 is 2.46 bits per heavy atom. The number of hydrogen-bond donors (Lipinski definition) is 0. The van der Waals surface area contributed by atoms with Gasteiger partial charge in [0, 0.05) is 35.9 Å². The van der Waals surface area contributed by atoms with Gasteiger partial charge in [-0.15, -0.1) is 0 Å². The molecule has 0 aliphatic rings. The Balaban J connectivity index is 2.17. The van der Waals surface area contributed by atoms with E-state index in [1.165, 1.54) is 12.1 Å². The van der Waals surface area contributed by atoms with Crippen LogP contribution in [0.3, 0.4) is 0 Å². The highest BCUT2D eigenvalue weighted by Gasteiger charge is 2.18. The van der Waals surface area contributed by atoms with Gasteiger partial charge in [-0.1, -0.05) is 0 Å². The third kappa shape index (κ3) is 3.60. The predicted octanol–water partition coefficient (Wildman–Crippen LogP) is 4.64. The molecule has 0 aliphatic heterocycles. The summed E-state index contributed by atoms with van der Waals surface area (Å²) in [7, 11) is -1.33. The second-order valence-electron chi connectivity index (χ2n) is 7.36. The largest absolute Gasteiger partial charge is 0.306 e. The van der Waals surface area contributed by atoms with E-state index in [0.29, 0.717) is 0 Å². The van der Waals surface area contributed by atoms with Crippen molar-refractivity contribution < 1.29 is 8.60 Å². The van der Waals surface area contributed by atoms with Crippen LogP contribution >= 0.6 is 0 Å². The summed E-state index contributed by atoms with van der Waals surface area (Å²) in [4.78, 5) is 4.44. The summed E-state index contributed by atoms with van der Waals surface area (Å²) >= 11 is 0. The van der Waals surface area contributed by atoms with Crippen molar-refractivity contribution in [2.24, 2.45) is 4.40 Å². The molecule has 6 heteroatoms. The van der Waals surface area contributed by atoms with E-state index in [2.05, 4.69) is 9.38 Å². The molecule has 3 rings (SSSR count). The molecule has 0 aliphatic carbocycles. The number of hydrogen-bond acceptors (Lipinski definition) is 2. The molecule has 2 heterocycles. The van der Waals surface area contributed by atoms with Crippen molar-refractivity contribution >= 4 is 22.8 Å². The van der Waals surface area contributed by atoms with Crippen LogP contribution in [0.2, 0.25) is 0 Å². The Morgan fingerprint density at radius 2 is 1.85 bits per heavy atom. The summed E-state index contributed by atoms with van der Waals surface area (Å²) in [6, 6.07) is 5.01. The molecule has 0 spiro atoms. The van der Waals surface area contributed by atoms with E-state index >= 15 is 0 Å². The quantitative estimate of drug-likeness (QED) is 0.630. The van der Waals surface area contributed by atoms with Crippen LogP contribution in [0.5, 0.6) is 0 Å². The molecule has 4 nitrogen and oxygen atoms in total. The van der Waals surface area contributed by atoms with Crippen molar-refractivity contribution in [3.8, 4) is 11.1 Å². The van der Waals surface area contributed by atoms with E-state index < -0.39 is 15.7 Å². The van der Waals surface area contributed by atoms with E-state index in [1.807, 2.05) is 57.5 Å². The molecule has 1 atom stereocenters. The molecule has 3 aromatic rings. The SMILES string of the molecule is Cc1cc(F)cc(C)c1-c1cc(/C=N\S(=O)C(C)(C)C)cn2ccnc12. The van der Waals surface area contributed by atoms with Crippen LogP contribution in [-0.4, -0.2) is 24.6 Å². The van der Waals surface area contributed by atoms with Crippen LogP contribution in [0, 0.1) is 19.7 Å². The highest BCUT2D eigenvalue weighted by atomic mass is 32.2. The van der Waals surface area contributed by atoms with E-state index in [-0.39, 0.29) is 5.82 Å². The summed E-state index contributed by atoms with van der Waals surface area (Å²) in [6.07, 6.45) is 7.09. The van der Waals surface area contributed by atoms with Gasteiger partial charge >= 0.3 is 0 Å². The van der Waals surface area contributed by atoms with Crippen LogP contribution < -0.4 is 0 Å². The average molecular weight is 371 g/mol. The first-order chi connectivity index (χ1) is 12.2. The van der Waals surface area contributed by atoms with Crippen LogP contribution in [0.25, 0.3) is 16.8 Å². The maximum absolute atomic E-state index is 13.7. The van der Waals surface area contributed by atoms with Gasteiger partial charge in [-0.25, -0.2) is 13.6 Å². The Hall–Kier alpha value is -2.34. The van der Waals surface area contributed by atoms with Crippen molar-refractivity contribution in [3.05, 3.63) is 59.3 Å². The van der Waals surface area contributed by atoms with Crippen molar-refractivity contribution in [2.75, 3.05) is 0 Å². The Bertz CT molecular complexity index is 1010. The third-order valence-electron chi connectivity index (χ3n) is 4.10. The standard InChI is InChI=1S/C20H22FN3OS/c1-13-8-16(21)9-14(2)18(13)17-10-15(11-23-26(25)20(3,4)5)12-24-7-6-22-19(17)24/h6-12H,1-5H3/b23-11-. The number of imidazole rings is 1. The molecule has 0 saturated carbocycles. The summed E-state index contributed by atoms with van der Waals surface area (Å²) in [5.74, 6) is -0.249. The van der Waals surface area contributed by atoms with Crippen LogP contribution in [0.15, 0.2) is 41.2 Å². The number of fused-ring (bicyclic) bond motifs is 1. The smallest absolute Gasteiger partial charge is 0.144 e. The minimum absolute atomic E-state index is 0.249. The number of pyridine rings is 1.